The summed E-state index contributed by atoms with van der Waals surface area (Å²) in [4.78, 5) is 24.3. The van der Waals surface area contributed by atoms with E-state index in [0.29, 0.717) is 12.2 Å². The van der Waals surface area contributed by atoms with Gasteiger partial charge in [0.1, 0.15) is 0 Å². The van der Waals surface area contributed by atoms with Gasteiger partial charge in [0.15, 0.2) is 0 Å². The van der Waals surface area contributed by atoms with Crippen LogP contribution >= 0.6 is 0 Å². The number of sulfonamides is 1. The van der Waals surface area contributed by atoms with E-state index in [1.807, 2.05) is 26.0 Å². The van der Waals surface area contributed by atoms with Gasteiger partial charge in [0.05, 0.1) is 18.0 Å². The van der Waals surface area contributed by atoms with E-state index in [9.17, 15) is 18.0 Å². The summed E-state index contributed by atoms with van der Waals surface area (Å²) >= 11 is 0. The van der Waals surface area contributed by atoms with Crippen molar-refractivity contribution in [3.63, 3.8) is 0 Å². The second-order valence-electron chi connectivity index (χ2n) is 7.42. The number of benzene rings is 2. The highest BCUT2D eigenvalue weighted by Gasteiger charge is 2.23. The summed E-state index contributed by atoms with van der Waals surface area (Å²) in [5, 5.41) is 2.71. The summed E-state index contributed by atoms with van der Waals surface area (Å²) in [6, 6.07) is 16.9. The summed E-state index contributed by atoms with van der Waals surface area (Å²) in [7, 11) is -2.39. The third-order valence-corrected chi connectivity index (χ3v) is 6.84. The lowest BCUT2D eigenvalue weighted by Crippen LogP contribution is -2.35. The fourth-order valence-corrected chi connectivity index (χ4v) is 4.24. The normalized spacial score (nSPS) is 11.5. The number of carbonyl (C=O) groups excluding carboxylic acids is 1. The minimum atomic E-state index is -3.77. The molecule has 7 nitrogen and oxygen atoms in total. The van der Waals surface area contributed by atoms with Crippen LogP contribution in [0.3, 0.4) is 0 Å². The summed E-state index contributed by atoms with van der Waals surface area (Å²) in [5.41, 5.74) is 3.23. The minimum absolute atomic E-state index is 0.0899. The number of hydrogen-bond acceptors (Lipinski definition) is 4. The van der Waals surface area contributed by atoms with Crippen molar-refractivity contribution in [3.05, 3.63) is 93.9 Å². The van der Waals surface area contributed by atoms with E-state index in [2.05, 4.69) is 5.32 Å². The molecule has 0 spiro atoms. The summed E-state index contributed by atoms with van der Waals surface area (Å²) < 4.78 is 28.1. The zero-order valence-corrected chi connectivity index (χ0v) is 18.5. The molecule has 0 unspecified atom stereocenters. The molecule has 8 heteroatoms. The van der Waals surface area contributed by atoms with Gasteiger partial charge in [-0.15, -0.1) is 0 Å². The van der Waals surface area contributed by atoms with Gasteiger partial charge >= 0.3 is 0 Å². The van der Waals surface area contributed by atoms with Crippen molar-refractivity contribution < 1.29 is 13.2 Å². The molecule has 0 aliphatic carbocycles. The first-order chi connectivity index (χ1) is 14.7. The van der Waals surface area contributed by atoms with Gasteiger partial charge in [0.25, 0.3) is 5.56 Å². The van der Waals surface area contributed by atoms with Crippen molar-refractivity contribution >= 4 is 21.6 Å². The molecule has 3 rings (SSSR count). The van der Waals surface area contributed by atoms with Crippen molar-refractivity contribution in [2.75, 3.05) is 18.9 Å². The van der Waals surface area contributed by atoms with Crippen LogP contribution in [0.1, 0.15) is 16.7 Å². The van der Waals surface area contributed by atoms with Gasteiger partial charge in [0.2, 0.25) is 15.9 Å². The first kappa shape index (κ1) is 22.5. The Morgan fingerprint density at radius 2 is 1.71 bits per heavy atom. The monoisotopic (exact) mass is 439 g/mol. The van der Waals surface area contributed by atoms with E-state index in [0.717, 1.165) is 21.0 Å². The summed E-state index contributed by atoms with van der Waals surface area (Å²) in [5.74, 6) is -0.443. The number of carbonyl (C=O) groups is 1. The number of nitrogens with one attached hydrogen (secondary N) is 1. The molecule has 0 atom stereocenters. The fraction of sp³-hybridized carbons (Fsp3) is 0.217. The van der Waals surface area contributed by atoms with Gasteiger partial charge in [-0.3, -0.25) is 9.59 Å². The van der Waals surface area contributed by atoms with E-state index in [1.165, 1.54) is 13.1 Å². The highest BCUT2D eigenvalue weighted by Crippen LogP contribution is 2.18. The molecule has 1 aromatic heterocycles. The van der Waals surface area contributed by atoms with Crippen molar-refractivity contribution in [2.24, 2.45) is 0 Å². The smallest absolute Gasteiger partial charge is 0.250 e. The molecule has 1 heterocycles. The van der Waals surface area contributed by atoms with Gasteiger partial charge < -0.3 is 9.88 Å². The van der Waals surface area contributed by atoms with Crippen LogP contribution in [0.4, 0.5) is 5.69 Å². The molecule has 0 fully saturated rings. The largest absolute Gasteiger partial charge is 0.325 e. The molecule has 2 aromatic carbocycles. The Labute approximate surface area is 182 Å². The van der Waals surface area contributed by atoms with Crippen LogP contribution < -0.4 is 10.9 Å². The maximum Gasteiger partial charge on any atom is 0.250 e. The Hall–Kier alpha value is -3.23. The number of likely N-dealkylation sites (N-methyl/N-ethyl adjacent to an activating group) is 1. The number of anilines is 1. The summed E-state index contributed by atoms with van der Waals surface area (Å²) in [6.45, 7) is 3.87. The van der Waals surface area contributed by atoms with E-state index in [1.54, 1.807) is 53.2 Å². The molecule has 1 N–H and O–H groups in total. The predicted molar refractivity (Wildman–Crippen MR) is 121 cm³/mol. The first-order valence-electron chi connectivity index (χ1n) is 9.74. The number of pyridine rings is 1. The maximum atomic E-state index is 12.7. The Balaban J connectivity index is 1.62. The number of aryl methyl sites for hydroxylation is 2. The second-order valence-corrected chi connectivity index (χ2v) is 9.46. The number of aromatic nitrogens is 1. The first-order valence-corrected chi connectivity index (χ1v) is 11.2. The van der Waals surface area contributed by atoms with Crippen LogP contribution in [0.5, 0.6) is 0 Å². The number of rotatable bonds is 7. The highest BCUT2D eigenvalue weighted by atomic mass is 32.2. The van der Waals surface area contributed by atoms with E-state index < -0.39 is 15.9 Å². The quantitative estimate of drug-likeness (QED) is 0.613. The lowest BCUT2D eigenvalue weighted by atomic mass is 10.1. The fourth-order valence-electron chi connectivity index (χ4n) is 3.02. The Morgan fingerprint density at radius 3 is 2.35 bits per heavy atom. The van der Waals surface area contributed by atoms with Gasteiger partial charge in [-0.2, -0.15) is 4.31 Å². The maximum absolute atomic E-state index is 12.7. The molecule has 0 radical (unpaired) electrons. The molecule has 0 saturated heterocycles. The third-order valence-electron chi connectivity index (χ3n) is 5.04. The minimum Gasteiger partial charge on any atom is -0.325 e. The molecule has 0 aliphatic rings. The summed E-state index contributed by atoms with van der Waals surface area (Å²) in [6.07, 6.45) is 1.71. The van der Waals surface area contributed by atoms with E-state index in [-0.39, 0.29) is 17.0 Å². The molecule has 1 amide bonds. The molecule has 0 saturated carbocycles. The zero-order valence-electron chi connectivity index (χ0n) is 17.7. The van der Waals surface area contributed by atoms with Crippen molar-refractivity contribution in [2.45, 2.75) is 25.3 Å². The Bertz CT molecular complexity index is 1250. The van der Waals surface area contributed by atoms with Crippen LogP contribution in [0.25, 0.3) is 0 Å². The molecule has 0 aliphatic heterocycles. The highest BCUT2D eigenvalue weighted by molar-refractivity contribution is 7.89. The predicted octanol–water partition coefficient (Wildman–Crippen LogP) is 2.77. The van der Waals surface area contributed by atoms with Crippen molar-refractivity contribution in [3.8, 4) is 0 Å². The zero-order chi connectivity index (χ0) is 22.6. The average Bonchev–Trinajstić information content (AvgIpc) is 2.73. The third kappa shape index (κ3) is 5.48. The van der Waals surface area contributed by atoms with Gasteiger partial charge in [-0.1, -0.05) is 24.3 Å². The van der Waals surface area contributed by atoms with E-state index >= 15 is 0 Å². The molecule has 31 heavy (non-hydrogen) atoms. The van der Waals surface area contributed by atoms with Gasteiger partial charge in [0, 0.05) is 25.0 Å². The number of nitrogens with zero attached hydrogens (tertiary/aromatic N) is 2. The topological polar surface area (TPSA) is 88.5 Å². The van der Waals surface area contributed by atoms with Gasteiger partial charge in [-0.25, -0.2) is 8.42 Å². The molecule has 3 aromatic rings. The lowest BCUT2D eigenvalue weighted by molar-refractivity contribution is -0.116. The van der Waals surface area contributed by atoms with Crippen molar-refractivity contribution in [1.82, 2.24) is 8.87 Å². The standard InChI is InChI=1S/C23H25N3O4S/c1-17-7-12-21(14-18(17)2)31(29,30)25(3)16-22(27)24-20-10-8-19(9-11-20)15-26-13-5-4-6-23(26)28/h4-14H,15-16H2,1-3H3,(H,24,27). The van der Waals surface area contributed by atoms with Crippen LogP contribution in [-0.4, -0.2) is 36.8 Å². The van der Waals surface area contributed by atoms with Crippen LogP contribution in [0, 0.1) is 13.8 Å². The average molecular weight is 440 g/mol. The van der Waals surface area contributed by atoms with E-state index in [4.69, 9.17) is 0 Å². The molecular formula is C23H25N3O4S. The Morgan fingerprint density at radius 1 is 1.00 bits per heavy atom. The molecule has 162 valence electrons. The number of hydrogen-bond donors (Lipinski definition) is 1. The second kappa shape index (κ2) is 9.28. The Kier molecular flexibility index (Phi) is 6.72. The van der Waals surface area contributed by atoms with Gasteiger partial charge in [-0.05, 0) is 60.9 Å². The van der Waals surface area contributed by atoms with Crippen LogP contribution in [-0.2, 0) is 21.4 Å². The van der Waals surface area contributed by atoms with Crippen LogP contribution in [0.15, 0.2) is 76.6 Å². The molecular weight excluding hydrogens is 414 g/mol. The van der Waals surface area contributed by atoms with Crippen molar-refractivity contribution in [1.29, 1.82) is 0 Å². The SMILES string of the molecule is Cc1ccc(S(=O)(=O)N(C)CC(=O)Nc2ccc(Cn3ccccc3=O)cc2)cc1C. The van der Waals surface area contributed by atoms with Crippen LogP contribution in [0.2, 0.25) is 0 Å². The molecule has 0 bridgehead atoms. The number of amides is 1. The lowest BCUT2D eigenvalue weighted by Gasteiger charge is -2.17.